The molecule has 19 heavy (non-hydrogen) atoms. The Morgan fingerprint density at radius 3 is 2.21 bits per heavy atom. The molecule has 1 aliphatic rings. The maximum atomic E-state index is 3.86. The molecule has 1 fully saturated rings. The molecule has 0 heterocycles. The van der Waals surface area contributed by atoms with Crippen LogP contribution in [0.15, 0.2) is 54.6 Å². The molecule has 0 radical (unpaired) electrons. The first-order valence-corrected chi connectivity index (χ1v) is 9.68. The molecular formula is C16H14Br2Se. The Kier molecular flexibility index (Phi) is 3.92. The second-order valence-electron chi connectivity index (χ2n) is 4.91. The number of alkyl halides is 2. The molecule has 0 unspecified atom stereocenters. The van der Waals surface area contributed by atoms with Gasteiger partial charge in [0.15, 0.2) is 0 Å². The fraction of sp³-hybridized carbons (Fsp3) is 0.250. The van der Waals surface area contributed by atoms with Gasteiger partial charge in [-0.1, -0.05) is 0 Å². The summed E-state index contributed by atoms with van der Waals surface area (Å²) in [7, 11) is 0. The van der Waals surface area contributed by atoms with Crippen molar-refractivity contribution >= 4 is 51.3 Å². The summed E-state index contributed by atoms with van der Waals surface area (Å²) in [6.45, 7) is 2.14. The zero-order valence-electron chi connectivity index (χ0n) is 10.5. The summed E-state index contributed by atoms with van der Waals surface area (Å²) in [5.41, 5.74) is 2.76. The number of halogens is 2. The van der Waals surface area contributed by atoms with Crippen molar-refractivity contribution in [1.29, 1.82) is 0 Å². The van der Waals surface area contributed by atoms with Gasteiger partial charge in [0.25, 0.3) is 0 Å². The molecule has 0 amide bonds. The molecule has 2 aromatic carbocycles. The first-order valence-electron chi connectivity index (χ1n) is 6.25. The SMILES string of the molecule is Cc1ccc([C@H]2[C@@H]([Se]c3ccccc3)C2(Br)Br)cc1. The van der Waals surface area contributed by atoms with Crippen LogP contribution < -0.4 is 4.46 Å². The minimum absolute atomic E-state index is 0.0884. The van der Waals surface area contributed by atoms with Crippen molar-refractivity contribution in [2.45, 2.75) is 20.9 Å². The molecule has 3 rings (SSSR count). The molecule has 0 aliphatic heterocycles. The number of benzene rings is 2. The molecule has 2 aromatic rings. The summed E-state index contributed by atoms with van der Waals surface area (Å²) >= 11 is 8.22. The normalized spacial score (nSPS) is 24.2. The number of rotatable bonds is 3. The van der Waals surface area contributed by atoms with Crippen LogP contribution in [0, 0.1) is 6.92 Å². The van der Waals surface area contributed by atoms with Gasteiger partial charge in [-0.2, -0.15) is 0 Å². The first kappa shape index (κ1) is 13.9. The van der Waals surface area contributed by atoms with E-state index in [9.17, 15) is 0 Å². The van der Waals surface area contributed by atoms with Crippen LogP contribution in [0.3, 0.4) is 0 Å². The van der Waals surface area contributed by atoms with E-state index in [2.05, 4.69) is 93.4 Å². The minimum atomic E-state index is 0.0884. The molecule has 0 spiro atoms. The standard InChI is InChI=1S/C16H14Br2Se/c1-11-7-9-12(10-8-11)14-15(16(14,17)18)19-13-5-3-2-4-6-13/h2-10,14-15H,1H3/t14-,15+/m0/s1. The van der Waals surface area contributed by atoms with E-state index in [1.54, 1.807) is 0 Å². The maximum absolute atomic E-state index is 3.86. The predicted octanol–water partition coefficient (Wildman–Crippen LogP) is 4.40. The van der Waals surface area contributed by atoms with Gasteiger partial charge in [0.1, 0.15) is 0 Å². The fourth-order valence-electron chi connectivity index (χ4n) is 2.26. The molecule has 0 aromatic heterocycles. The average molecular weight is 445 g/mol. The van der Waals surface area contributed by atoms with E-state index < -0.39 is 0 Å². The Morgan fingerprint density at radius 1 is 0.947 bits per heavy atom. The van der Waals surface area contributed by atoms with Crippen molar-refractivity contribution in [1.82, 2.24) is 0 Å². The van der Waals surface area contributed by atoms with Gasteiger partial charge in [-0.25, -0.2) is 0 Å². The molecule has 0 saturated heterocycles. The first-order chi connectivity index (χ1) is 9.09. The van der Waals surface area contributed by atoms with Gasteiger partial charge in [-0.3, -0.25) is 0 Å². The van der Waals surface area contributed by atoms with Gasteiger partial charge in [0, 0.05) is 0 Å². The van der Waals surface area contributed by atoms with E-state index in [0.717, 1.165) is 0 Å². The van der Waals surface area contributed by atoms with Crippen LogP contribution in [0.4, 0.5) is 0 Å². The van der Waals surface area contributed by atoms with E-state index in [-0.39, 0.29) is 3.23 Å². The van der Waals surface area contributed by atoms with Crippen molar-refractivity contribution in [2.24, 2.45) is 0 Å². The van der Waals surface area contributed by atoms with Crippen molar-refractivity contribution in [3.8, 4) is 0 Å². The number of hydrogen-bond donors (Lipinski definition) is 0. The Hall–Kier alpha value is -0.0805. The molecule has 98 valence electrons. The van der Waals surface area contributed by atoms with E-state index in [1.807, 2.05) is 0 Å². The number of aryl methyl sites for hydroxylation is 1. The summed E-state index contributed by atoms with van der Waals surface area (Å²) in [4.78, 5) is 0.671. The van der Waals surface area contributed by atoms with E-state index in [1.165, 1.54) is 15.6 Å². The Balaban J connectivity index is 1.79. The molecule has 2 atom stereocenters. The van der Waals surface area contributed by atoms with Crippen molar-refractivity contribution < 1.29 is 0 Å². The molecule has 0 bridgehead atoms. The average Bonchev–Trinajstić information content (AvgIpc) is 2.93. The van der Waals surface area contributed by atoms with Crippen LogP contribution in [0.2, 0.25) is 4.82 Å². The third kappa shape index (κ3) is 2.85. The molecule has 1 saturated carbocycles. The van der Waals surface area contributed by atoms with Gasteiger partial charge in [0.2, 0.25) is 0 Å². The monoisotopic (exact) mass is 444 g/mol. The Morgan fingerprint density at radius 2 is 1.58 bits per heavy atom. The predicted molar refractivity (Wildman–Crippen MR) is 90.1 cm³/mol. The van der Waals surface area contributed by atoms with E-state index in [0.29, 0.717) is 25.7 Å². The van der Waals surface area contributed by atoms with Gasteiger partial charge in [-0.05, 0) is 0 Å². The molecule has 0 nitrogen and oxygen atoms in total. The van der Waals surface area contributed by atoms with Gasteiger partial charge in [0.05, 0.1) is 0 Å². The van der Waals surface area contributed by atoms with Crippen molar-refractivity contribution in [3.05, 3.63) is 65.7 Å². The molecule has 1 aliphatic carbocycles. The summed E-state index contributed by atoms with van der Waals surface area (Å²) < 4.78 is 1.56. The fourth-order valence-corrected chi connectivity index (χ4v) is 8.15. The zero-order chi connectivity index (χ0) is 13.5. The molecule has 3 heteroatoms. The quantitative estimate of drug-likeness (QED) is 0.486. The van der Waals surface area contributed by atoms with Crippen molar-refractivity contribution in [2.75, 3.05) is 0 Å². The second-order valence-corrected chi connectivity index (χ2v) is 11.2. The summed E-state index contributed by atoms with van der Waals surface area (Å²) in [5.74, 6) is 0.577. The van der Waals surface area contributed by atoms with Crippen molar-refractivity contribution in [3.63, 3.8) is 0 Å². The Bertz CT molecular complexity index is 563. The van der Waals surface area contributed by atoms with Crippen LogP contribution in [0.25, 0.3) is 0 Å². The summed E-state index contributed by atoms with van der Waals surface area (Å²) in [6, 6.07) is 19.7. The van der Waals surface area contributed by atoms with Crippen LogP contribution in [-0.2, 0) is 0 Å². The number of hydrogen-bond acceptors (Lipinski definition) is 0. The van der Waals surface area contributed by atoms with E-state index >= 15 is 0 Å². The van der Waals surface area contributed by atoms with Gasteiger partial charge in [-0.15, -0.1) is 0 Å². The Labute approximate surface area is 137 Å². The third-order valence-electron chi connectivity index (χ3n) is 3.43. The molecular weight excluding hydrogens is 431 g/mol. The van der Waals surface area contributed by atoms with Crippen LogP contribution in [0.5, 0.6) is 0 Å². The summed E-state index contributed by atoms with van der Waals surface area (Å²) in [6.07, 6.45) is 0. The topological polar surface area (TPSA) is 0 Å². The third-order valence-corrected chi connectivity index (χ3v) is 9.79. The van der Waals surface area contributed by atoms with Crippen LogP contribution in [0.1, 0.15) is 17.0 Å². The summed E-state index contributed by atoms with van der Waals surface area (Å²) in [5, 5.41) is 0. The van der Waals surface area contributed by atoms with Crippen LogP contribution >= 0.6 is 31.9 Å². The van der Waals surface area contributed by atoms with Gasteiger partial charge < -0.3 is 0 Å². The van der Waals surface area contributed by atoms with Crippen LogP contribution in [-0.4, -0.2) is 18.2 Å². The molecule has 0 N–H and O–H groups in total. The van der Waals surface area contributed by atoms with E-state index in [4.69, 9.17) is 0 Å². The van der Waals surface area contributed by atoms with Gasteiger partial charge >= 0.3 is 138 Å². The second kappa shape index (κ2) is 5.37. The zero-order valence-corrected chi connectivity index (χ0v) is 15.4.